The fourth-order valence-corrected chi connectivity index (χ4v) is 3.78. The van der Waals surface area contributed by atoms with E-state index in [4.69, 9.17) is 0 Å². The lowest BCUT2D eigenvalue weighted by atomic mass is 9.76. The zero-order valence-electron chi connectivity index (χ0n) is 14.0. The Hall–Kier alpha value is -0.860. The van der Waals surface area contributed by atoms with Gasteiger partial charge in [-0.2, -0.15) is 0 Å². The number of nitrogens with zero attached hydrogens (tertiary/aromatic N) is 1. The first-order valence-corrected chi connectivity index (χ1v) is 8.73. The monoisotopic (exact) mass is 292 g/mol. The molecular formula is C18H32N2O. The molecule has 1 unspecified atom stereocenters. The van der Waals surface area contributed by atoms with Gasteiger partial charge in [0.05, 0.1) is 6.04 Å². The molecule has 0 radical (unpaired) electrons. The van der Waals surface area contributed by atoms with Crippen LogP contribution in [0.2, 0.25) is 0 Å². The number of nitrogens with one attached hydrogen (secondary N) is 1. The topological polar surface area (TPSA) is 41.5 Å². The van der Waals surface area contributed by atoms with Gasteiger partial charge in [0.15, 0.2) is 0 Å². The number of aliphatic imine (C=N–C) groups is 1. The average Bonchev–Trinajstić information content (AvgIpc) is 2.40. The fourth-order valence-electron chi connectivity index (χ4n) is 3.78. The van der Waals surface area contributed by atoms with Gasteiger partial charge in [0.1, 0.15) is 0 Å². The molecule has 0 aromatic rings. The molecule has 1 saturated carbocycles. The molecule has 2 rings (SSSR count). The van der Waals surface area contributed by atoms with E-state index in [0.29, 0.717) is 17.9 Å². The third-order valence-corrected chi connectivity index (χ3v) is 4.72. The first-order chi connectivity index (χ1) is 9.92. The number of carbonyl (C=O) groups excluding carboxylic acids is 1. The maximum atomic E-state index is 12.1. The zero-order valence-corrected chi connectivity index (χ0v) is 14.0. The van der Waals surface area contributed by atoms with Crippen molar-refractivity contribution in [2.24, 2.45) is 16.3 Å². The van der Waals surface area contributed by atoms with E-state index in [2.05, 4.69) is 31.1 Å². The van der Waals surface area contributed by atoms with Crippen LogP contribution in [-0.2, 0) is 4.79 Å². The number of amides is 1. The van der Waals surface area contributed by atoms with Crippen molar-refractivity contribution >= 4 is 12.1 Å². The van der Waals surface area contributed by atoms with Gasteiger partial charge in [-0.25, -0.2) is 0 Å². The quantitative estimate of drug-likeness (QED) is 0.832. The first kappa shape index (κ1) is 16.5. The van der Waals surface area contributed by atoms with Crippen molar-refractivity contribution in [2.45, 2.75) is 90.6 Å². The molecule has 3 heteroatoms. The van der Waals surface area contributed by atoms with Gasteiger partial charge in [-0.15, -0.1) is 0 Å². The Balaban J connectivity index is 1.67. The summed E-state index contributed by atoms with van der Waals surface area (Å²) in [5, 5.41) is 3.24. The minimum Gasteiger partial charge on any atom is -0.353 e. The highest BCUT2D eigenvalue weighted by Gasteiger charge is 2.26. The summed E-state index contributed by atoms with van der Waals surface area (Å²) < 4.78 is 0. The molecule has 1 fully saturated rings. The van der Waals surface area contributed by atoms with E-state index in [-0.39, 0.29) is 11.9 Å². The Morgan fingerprint density at radius 3 is 2.48 bits per heavy atom. The van der Waals surface area contributed by atoms with Gasteiger partial charge < -0.3 is 5.32 Å². The molecule has 0 aromatic carbocycles. The van der Waals surface area contributed by atoms with Crippen LogP contribution >= 0.6 is 0 Å². The largest absolute Gasteiger partial charge is 0.353 e. The van der Waals surface area contributed by atoms with Gasteiger partial charge in [0, 0.05) is 12.5 Å². The van der Waals surface area contributed by atoms with Crippen molar-refractivity contribution in [3.63, 3.8) is 0 Å². The minimum atomic E-state index is 0.207. The summed E-state index contributed by atoms with van der Waals surface area (Å²) in [5.41, 5.74) is 0.430. The molecule has 1 atom stereocenters. The van der Waals surface area contributed by atoms with Crippen molar-refractivity contribution in [3.8, 4) is 0 Å². The van der Waals surface area contributed by atoms with E-state index in [9.17, 15) is 4.79 Å². The van der Waals surface area contributed by atoms with Crippen LogP contribution in [0, 0.1) is 11.3 Å². The molecule has 0 aromatic heterocycles. The minimum absolute atomic E-state index is 0.207. The normalized spacial score (nSPS) is 30.1. The molecule has 0 saturated heterocycles. The Bertz CT molecular complexity index is 362. The predicted octanol–water partition coefficient (Wildman–Crippen LogP) is 4.11. The molecule has 3 nitrogen and oxygen atoms in total. The van der Waals surface area contributed by atoms with Crippen molar-refractivity contribution in [2.75, 3.05) is 0 Å². The SMILES string of the molecule is CC(C)(C)C[C@H]1CC[C@H](NC(=O)CC2CCCC=N2)CC1. The van der Waals surface area contributed by atoms with Gasteiger partial charge in [-0.3, -0.25) is 9.79 Å². The van der Waals surface area contributed by atoms with Crippen LogP contribution in [0.1, 0.15) is 78.6 Å². The second-order valence-corrected chi connectivity index (χ2v) is 8.17. The summed E-state index contributed by atoms with van der Waals surface area (Å²) in [4.78, 5) is 16.5. The highest BCUT2D eigenvalue weighted by Crippen LogP contribution is 2.34. The lowest BCUT2D eigenvalue weighted by Crippen LogP contribution is -2.39. The second-order valence-electron chi connectivity index (χ2n) is 8.17. The maximum Gasteiger partial charge on any atom is 0.222 e. The number of rotatable bonds is 4. The van der Waals surface area contributed by atoms with E-state index in [0.717, 1.165) is 31.6 Å². The Morgan fingerprint density at radius 2 is 1.90 bits per heavy atom. The number of hydrogen-bond acceptors (Lipinski definition) is 2. The van der Waals surface area contributed by atoms with Gasteiger partial charge in [0.2, 0.25) is 5.91 Å². The average molecular weight is 292 g/mol. The molecule has 0 spiro atoms. The van der Waals surface area contributed by atoms with Gasteiger partial charge in [-0.05, 0) is 68.9 Å². The van der Waals surface area contributed by atoms with E-state index in [1.54, 1.807) is 0 Å². The summed E-state index contributed by atoms with van der Waals surface area (Å²) >= 11 is 0. The van der Waals surface area contributed by atoms with E-state index in [1.165, 1.54) is 25.7 Å². The van der Waals surface area contributed by atoms with Crippen molar-refractivity contribution in [1.29, 1.82) is 0 Å². The van der Waals surface area contributed by atoms with Crippen LogP contribution in [0.3, 0.4) is 0 Å². The van der Waals surface area contributed by atoms with Crippen molar-refractivity contribution in [1.82, 2.24) is 5.32 Å². The smallest absolute Gasteiger partial charge is 0.222 e. The lowest BCUT2D eigenvalue weighted by molar-refractivity contribution is -0.122. The van der Waals surface area contributed by atoms with Crippen LogP contribution < -0.4 is 5.32 Å². The van der Waals surface area contributed by atoms with Crippen molar-refractivity contribution < 1.29 is 4.79 Å². The highest BCUT2D eigenvalue weighted by molar-refractivity contribution is 5.77. The van der Waals surface area contributed by atoms with Gasteiger partial charge in [-0.1, -0.05) is 20.8 Å². The second kappa shape index (κ2) is 7.42. The maximum absolute atomic E-state index is 12.1. The van der Waals surface area contributed by atoms with E-state index >= 15 is 0 Å². The third-order valence-electron chi connectivity index (χ3n) is 4.72. The summed E-state index contributed by atoms with van der Waals surface area (Å²) in [7, 11) is 0. The fraction of sp³-hybridized carbons (Fsp3) is 0.889. The van der Waals surface area contributed by atoms with Crippen LogP contribution in [0.15, 0.2) is 4.99 Å². The van der Waals surface area contributed by atoms with Crippen LogP contribution in [0.5, 0.6) is 0 Å². The molecule has 1 N–H and O–H groups in total. The molecule has 120 valence electrons. The number of hydrogen-bond donors (Lipinski definition) is 1. The third kappa shape index (κ3) is 6.19. The van der Waals surface area contributed by atoms with E-state index < -0.39 is 0 Å². The van der Waals surface area contributed by atoms with Crippen LogP contribution in [0.25, 0.3) is 0 Å². The molecule has 21 heavy (non-hydrogen) atoms. The molecule has 1 heterocycles. The zero-order chi connectivity index (χ0) is 15.3. The lowest BCUT2D eigenvalue weighted by Gasteiger charge is -2.33. The Morgan fingerprint density at radius 1 is 1.19 bits per heavy atom. The summed E-state index contributed by atoms with van der Waals surface area (Å²) in [6.07, 6.45) is 12.0. The molecule has 2 aliphatic rings. The van der Waals surface area contributed by atoms with Gasteiger partial charge in [0.25, 0.3) is 0 Å². The molecule has 1 aliphatic heterocycles. The van der Waals surface area contributed by atoms with Crippen LogP contribution in [-0.4, -0.2) is 24.2 Å². The molecule has 1 amide bonds. The standard InChI is InChI=1S/C18H32N2O/c1-18(2,3)13-14-7-9-15(10-8-14)20-17(21)12-16-6-4-5-11-19-16/h11,14-16H,4-10,12-13H2,1-3H3,(H,20,21)/t14-,15-,16?. The van der Waals surface area contributed by atoms with E-state index in [1.807, 2.05) is 6.21 Å². The van der Waals surface area contributed by atoms with Gasteiger partial charge >= 0.3 is 0 Å². The molecule has 1 aliphatic carbocycles. The first-order valence-electron chi connectivity index (χ1n) is 8.73. The Kier molecular flexibility index (Phi) is 5.83. The van der Waals surface area contributed by atoms with Crippen LogP contribution in [0.4, 0.5) is 0 Å². The summed E-state index contributed by atoms with van der Waals surface area (Å²) in [6.45, 7) is 6.97. The number of carbonyl (C=O) groups is 1. The summed E-state index contributed by atoms with van der Waals surface area (Å²) in [5.74, 6) is 1.06. The Labute approximate surface area is 130 Å². The predicted molar refractivity (Wildman–Crippen MR) is 88.7 cm³/mol. The molecular weight excluding hydrogens is 260 g/mol. The highest BCUT2D eigenvalue weighted by atomic mass is 16.1. The molecule has 0 bridgehead atoms. The van der Waals surface area contributed by atoms with Crippen molar-refractivity contribution in [3.05, 3.63) is 0 Å². The summed E-state index contributed by atoms with van der Waals surface area (Å²) in [6, 6.07) is 0.636.